The fourth-order valence-electron chi connectivity index (χ4n) is 2.56. The number of hydrogen-bond acceptors (Lipinski definition) is 4. The standard InChI is InChI=1S/C19H22O4/c20-18-10-9-17(23-19-8-4-5-11-22-19)12-16(18)14-21-13-15-6-2-1-3-7-15/h1-3,6-7,9-10,12,19-20H,4-5,8,11,13-14H2. The molecule has 1 aliphatic heterocycles. The molecule has 1 unspecified atom stereocenters. The summed E-state index contributed by atoms with van der Waals surface area (Å²) >= 11 is 0. The maximum Gasteiger partial charge on any atom is 0.199 e. The van der Waals surface area contributed by atoms with Crippen LogP contribution in [0.1, 0.15) is 30.4 Å². The molecule has 1 fully saturated rings. The summed E-state index contributed by atoms with van der Waals surface area (Å²) in [5.41, 5.74) is 1.82. The molecule has 1 saturated heterocycles. The Morgan fingerprint density at radius 3 is 2.70 bits per heavy atom. The predicted octanol–water partition coefficient (Wildman–Crippen LogP) is 4.01. The molecule has 1 heterocycles. The van der Waals surface area contributed by atoms with Gasteiger partial charge in [-0.05, 0) is 36.6 Å². The van der Waals surface area contributed by atoms with Crippen LogP contribution in [0.4, 0.5) is 0 Å². The lowest BCUT2D eigenvalue weighted by Crippen LogP contribution is -2.25. The summed E-state index contributed by atoms with van der Waals surface area (Å²) in [5, 5.41) is 9.97. The molecule has 0 amide bonds. The number of rotatable bonds is 6. The van der Waals surface area contributed by atoms with Gasteiger partial charge in [-0.25, -0.2) is 0 Å². The highest BCUT2D eigenvalue weighted by molar-refractivity contribution is 5.39. The molecule has 122 valence electrons. The minimum atomic E-state index is -0.189. The second kappa shape index (κ2) is 7.99. The Morgan fingerprint density at radius 2 is 1.91 bits per heavy atom. The van der Waals surface area contributed by atoms with Crippen LogP contribution in [0.5, 0.6) is 11.5 Å². The van der Waals surface area contributed by atoms with E-state index in [0.29, 0.717) is 24.5 Å². The average molecular weight is 314 g/mol. The van der Waals surface area contributed by atoms with Gasteiger partial charge in [0.1, 0.15) is 11.5 Å². The number of phenolic OH excluding ortho intramolecular Hbond substituents is 1. The summed E-state index contributed by atoms with van der Waals surface area (Å²) in [5.74, 6) is 0.919. The van der Waals surface area contributed by atoms with Crippen molar-refractivity contribution in [2.75, 3.05) is 6.61 Å². The summed E-state index contributed by atoms with van der Waals surface area (Å²) in [6, 6.07) is 15.2. The Kier molecular flexibility index (Phi) is 5.51. The third kappa shape index (κ3) is 4.71. The second-order valence-corrected chi connectivity index (χ2v) is 5.68. The minimum Gasteiger partial charge on any atom is -0.508 e. The monoisotopic (exact) mass is 314 g/mol. The average Bonchev–Trinajstić information content (AvgIpc) is 2.59. The van der Waals surface area contributed by atoms with Gasteiger partial charge in [0.2, 0.25) is 0 Å². The summed E-state index contributed by atoms with van der Waals surface area (Å²) in [4.78, 5) is 0. The first kappa shape index (κ1) is 15.8. The van der Waals surface area contributed by atoms with Crippen molar-refractivity contribution in [3.05, 3.63) is 59.7 Å². The molecule has 0 saturated carbocycles. The number of ether oxygens (including phenoxy) is 3. The van der Waals surface area contributed by atoms with Crippen LogP contribution >= 0.6 is 0 Å². The Morgan fingerprint density at radius 1 is 1.04 bits per heavy atom. The first-order valence-corrected chi connectivity index (χ1v) is 8.03. The molecule has 1 N–H and O–H groups in total. The van der Waals surface area contributed by atoms with Crippen molar-refractivity contribution in [1.82, 2.24) is 0 Å². The Bertz CT molecular complexity index is 606. The number of aromatic hydroxyl groups is 1. The van der Waals surface area contributed by atoms with E-state index in [-0.39, 0.29) is 12.0 Å². The summed E-state index contributed by atoms with van der Waals surface area (Å²) in [7, 11) is 0. The van der Waals surface area contributed by atoms with E-state index in [1.54, 1.807) is 12.1 Å². The smallest absolute Gasteiger partial charge is 0.199 e. The van der Waals surface area contributed by atoms with Gasteiger partial charge in [0.05, 0.1) is 19.8 Å². The van der Waals surface area contributed by atoms with E-state index >= 15 is 0 Å². The molecule has 4 heteroatoms. The van der Waals surface area contributed by atoms with E-state index in [2.05, 4.69) is 0 Å². The van der Waals surface area contributed by atoms with Crippen LogP contribution in [0.2, 0.25) is 0 Å². The third-order valence-corrected chi connectivity index (χ3v) is 3.83. The lowest BCUT2D eigenvalue weighted by molar-refractivity contribution is -0.106. The molecule has 0 aliphatic carbocycles. The first-order chi connectivity index (χ1) is 11.3. The van der Waals surface area contributed by atoms with E-state index in [9.17, 15) is 5.11 Å². The second-order valence-electron chi connectivity index (χ2n) is 5.68. The van der Waals surface area contributed by atoms with Gasteiger partial charge in [0.15, 0.2) is 6.29 Å². The van der Waals surface area contributed by atoms with Crippen molar-refractivity contribution >= 4 is 0 Å². The van der Waals surface area contributed by atoms with Crippen LogP contribution in [0.25, 0.3) is 0 Å². The molecule has 3 rings (SSSR count). The van der Waals surface area contributed by atoms with Gasteiger partial charge in [-0.1, -0.05) is 30.3 Å². The van der Waals surface area contributed by atoms with Gasteiger partial charge in [-0.15, -0.1) is 0 Å². The molecule has 4 nitrogen and oxygen atoms in total. The zero-order valence-corrected chi connectivity index (χ0v) is 13.1. The molecule has 2 aromatic carbocycles. The highest BCUT2D eigenvalue weighted by Gasteiger charge is 2.15. The van der Waals surface area contributed by atoms with Crippen LogP contribution in [-0.2, 0) is 22.7 Å². The molecule has 23 heavy (non-hydrogen) atoms. The lowest BCUT2D eigenvalue weighted by Gasteiger charge is -2.23. The Hall–Kier alpha value is -2.04. The molecule has 0 spiro atoms. The molecule has 0 aromatic heterocycles. The Balaban J connectivity index is 1.56. The molecular weight excluding hydrogens is 292 g/mol. The summed E-state index contributed by atoms with van der Waals surface area (Å²) < 4.78 is 17.1. The fraction of sp³-hybridized carbons (Fsp3) is 0.368. The summed E-state index contributed by atoms with van der Waals surface area (Å²) in [6.45, 7) is 1.59. The van der Waals surface area contributed by atoms with Gasteiger partial charge in [0, 0.05) is 12.0 Å². The summed E-state index contributed by atoms with van der Waals surface area (Å²) in [6.07, 6.45) is 2.93. The lowest BCUT2D eigenvalue weighted by atomic mass is 10.2. The molecular formula is C19H22O4. The number of phenols is 1. The molecule has 0 radical (unpaired) electrons. The van der Waals surface area contributed by atoms with Crippen molar-refractivity contribution in [2.24, 2.45) is 0 Å². The molecule has 1 atom stereocenters. The fourth-order valence-corrected chi connectivity index (χ4v) is 2.56. The van der Waals surface area contributed by atoms with E-state index < -0.39 is 0 Å². The minimum absolute atomic E-state index is 0.189. The van der Waals surface area contributed by atoms with E-state index in [4.69, 9.17) is 14.2 Å². The normalized spacial score (nSPS) is 17.8. The van der Waals surface area contributed by atoms with E-state index in [1.165, 1.54) is 0 Å². The Labute approximate surface area is 136 Å². The maximum atomic E-state index is 9.97. The quantitative estimate of drug-likeness (QED) is 0.875. The highest BCUT2D eigenvalue weighted by Crippen LogP contribution is 2.26. The highest BCUT2D eigenvalue weighted by atomic mass is 16.7. The van der Waals surface area contributed by atoms with Crippen LogP contribution in [-0.4, -0.2) is 18.0 Å². The van der Waals surface area contributed by atoms with Crippen LogP contribution in [0, 0.1) is 0 Å². The zero-order valence-electron chi connectivity index (χ0n) is 13.1. The van der Waals surface area contributed by atoms with Gasteiger partial charge in [0.25, 0.3) is 0 Å². The molecule has 2 aromatic rings. The SMILES string of the molecule is Oc1ccc(OC2CCCCO2)cc1COCc1ccccc1. The van der Waals surface area contributed by atoms with Crippen molar-refractivity contribution in [3.8, 4) is 11.5 Å². The number of hydrogen-bond donors (Lipinski definition) is 1. The topological polar surface area (TPSA) is 47.9 Å². The van der Waals surface area contributed by atoms with Gasteiger partial charge >= 0.3 is 0 Å². The van der Waals surface area contributed by atoms with Gasteiger partial charge in [-0.3, -0.25) is 0 Å². The van der Waals surface area contributed by atoms with Gasteiger partial charge < -0.3 is 19.3 Å². The molecule has 1 aliphatic rings. The third-order valence-electron chi connectivity index (χ3n) is 3.83. The van der Waals surface area contributed by atoms with Crippen LogP contribution in [0.15, 0.2) is 48.5 Å². The molecule has 0 bridgehead atoms. The number of benzene rings is 2. The van der Waals surface area contributed by atoms with Crippen molar-refractivity contribution < 1.29 is 19.3 Å². The van der Waals surface area contributed by atoms with E-state index in [0.717, 1.165) is 31.4 Å². The van der Waals surface area contributed by atoms with Crippen LogP contribution in [0.3, 0.4) is 0 Å². The van der Waals surface area contributed by atoms with Crippen LogP contribution < -0.4 is 4.74 Å². The van der Waals surface area contributed by atoms with Crippen molar-refractivity contribution in [3.63, 3.8) is 0 Å². The largest absolute Gasteiger partial charge is 0.508 e. The predicted molar refractivity (Wildman–Crippen MR) is 87.3 cm³/mol. The zero-order chi connectivity index (χ0) is 15.9. The maximum absolute atomic E-state index is 9.97. The first-order valence-electron chi connectivity index (χ1n) is 8.03. The van der Waals surface area contributed by atoms with Crippen molar-refractivity contribution in [1.29, 1.82) is 0 Å². The van der Waals surface area contributed by atoms with E-state index in [1.807, 2.05) is 36.4 Å². The van der Waals surface area contributed by atoms with Crippen molar-refractivity contribution in [2.45, 2.75) is 38.8 Å². The van der Waals surface area contributed by atoms with Gasteiger partial charge in [-0.2, -0.15) is 0 Å².